The van der Waals surface area contributed by atoms with Crippen molar-refractivity contribution in [2.75, 3.05) is 10.8 Å². The van der Waals surface area contributed by atoms with E-state index in [4.69, 9.17) is 32.9 Å². The maximum Gasteiger partial charge on any atom is 0.326 e. The van der Waals surface area contributed by atoms with Crippen LogP contribution in [0.1, 0.15) is 31.8 Å². The van der Waals surface area contributed by atoms with Gasteiger partial charge in [0.25, 0.3) is 5.91 Å². The lowest BCUT2D eigenvalue weighted by Gasteiger charge is -2.09. The molecule has 0 bridgehead atoms. The molecule has 5 N–H and O–H groups in total. The molecule has 324 valence electrons. The molecule has 0 unspecified atom stereocenters. The van der Waals surface area contributed by atoms with Gasteiger partial charge in [-0.3, -0.25) is 14.9 Å². The first-order valence-corrected chi connectivity index (χ1v) is 20.7. The second kappa shape index (κ2) is 18.6. The molecule has 0 saturated heterocycles. The van der Waals surface area contributed by atoms with Crippen molar-refractivity contribution in [3.05, 3.63) is 178 Å². The minimum absolute atomic E-state index is 0.0738. The molecule has 0 spiro atoms. The van der Waals surface area contributed by atoms with Crippen LogP contribution in [0.2, 0.25) is 10.0 Å². The lowest BCUT2D eigenvalue weighted by atomic mass is 10.0. The molecule has 9 rings (SSSR count). The zero-order chi connectivity index (χ0) is 45.7. The summed E-state index contributed by atoms with van der Waals surface area (Å²) in [5.41, 5.74) is 7.97. The number of fused-ring (bicyclic) bond motifs is 5. The maximum absolute atomic E-state index is 13.8. The summed E-state index contributed by atoms with van der Waals surface area (Å²) in [7, 11) is 0. The molecule has 0 aliphatic heterocycles. The summed E-state index contributed by atoms with van der Waals surface area (Å²) in [5, 5.41) is 50.9. The summed E-state index contributed by atoms with van der Waals surface area (Å²) in [6.07, 6.45) is 1.11. The van der Waals surface area contributed by atoms with E-state index in [1.54, 1.807) is 109 Å². The molecule has 0 fully saturated rings. The number of para-hydroxylation sites is 2. The number of anilines is 2. The Labute approximate surface area is 384 Å². The second-order valence-electron chi connectivity index (χ2n) is 14.6. The van der Waals surface area contributed by atoms with E-state index in [2.05, 4.69) is 41.7 Å². The molecular formula is C49H32Cl2N8O7. The standard InChI is InChI=1S/C49H32Cl2N8O7/c50-39-5-1-3-7-41(39)53-49(64)54-48(63)30-10-16-34-29(22-30)12-20-44(61)46(34)58-56-32-14-18-36-35-17-13-31(23-37(35)47(62)38(36)24-32)55-57-45-33-15-9-27(21-28(33)11-19-43(45)60)25-65-52-26-66-59-42-8-4-2-6-40(42)51/h1-24,26,59-61H,25H2,(H2,53,54,63,64)/b52-26+,57-55?,58-56?. The van der Waals surface area contributed by atoms with Crippen LogP contribution in [0.3, 0.4) is 0 Å². The summed E-state index contributed by atoms with van der Waals surface area (Å²) < 4.78 is 0. The monoisotopic (exact) mass is 914 g/mol. The predicted molar refractivity (Wildman–Crippen MR) is 252 cm³/mol. The van der Waals surface area contributed by atoms with Gasteiger partial charge in [-0.15, -0.1) is 10.2 Å². The third kappa shape index (κ3) is 9.05. The van der Waals surface area contributed by atoms with Crippen molar-refractivity contribution in [3.8, 4) is 22.6 Å². The van der Waals surface area contributed by atoms with Crippen LogP contribution in [0, 0.1) is 0 Å². The lowest BCUT2D eigenvalue weighted by Crippen LogP contribution is -2.34. The second-order valence-corrected chi connectivity index (χ2v) is 15.4. The van der Waals surface area contributed by atoms with Gasteiger partial charge in [-0.05, 0) is 106 Å². The number of rotatable bonds is 12. The van der Waals surface area contributed by atoms with Crippen molar-refractivity contribution in [1.29, 1.82) is 0 Å². The number of aromatic hydroxyl groups is 2. The molecule has 8 aromatic rings. The van der Waals surface area contributed by atoms with Crippen LogP contribution in [0.5, 0.6) is 11.5 Å². The summed E-state index contributed by atoms with van der Waals surface area (Å²) in [6, 6.07) is 39.7. The Hall–Kier alpha value is -8.66. The molecule has 8 aromatic carbocycles. The molecule has 15 nitrogen and oxygen atoms in total. The zero-order valence-electron chi connectivity index (χ0n) is 34.1. The average molecular weight is 916 g/mol. The highest BCUT2D eigenvalue weighted by atomic mass is 35.5. The highest BCUT2D eigenvalue weighted by molar-refractivity contribution is 6.34. The quantitative estimate of drug-likeness (QED) is 0.0344. The summed E-state index contributed by atoms with van der Waals surface area (Å²) in [4.78, 5) is 49.7. The van der Waals surface area contributed by atoms with Crippen LogP contribution in [0.25, 0.3) is 32.7 Å². The number of halogens is 2. The molecule has 0 atom stereocenters. The zero-order valence-corrected chi connectivity index (χ0v) is 35.6. The van der Waals surface area contributed by atoms with Gasteiger partial charge in [0.2, 0.25) is 6.40 Å². The molecule has 1 aliphatic rings. The smallest absolute Gasteiger partial charge is 0.326 e. The van der Waals surface area contributed by atoms with Crippen molar-refractivity contribution >= 4 is 103 Å². The van der Waals surface area contributed by atoms with E-state index in [9.17, 15) is 24.6 Å². The van der Waals surface area contributed by atoms with Crippen molar-refractivity contribution in [3.63, 3.8) is 0 Å². The summed E-state index contributed by atoms with van der Waals surface area (Å²) >= 11 is 12.2. The number of urea groups is 1. The van der Waals surface area contributed by atoms with Gasteiger partial charge in [-0.25, -0.2) is 10.3 Å². The van der Waals surface area contributed by atoms with Crippen LogP contribution in [0.4, 0.5) is 38.9 Å². The number of carbonyl (C=O) groups excluding carboxylic acids is 3. The first kappa shape index (κ1) is 42.6. The van der Waals surface area contributed by atoms with Crippen molar-refractivity contribution in [1.82, 2.24) is 5.32 Å². The number of nitrogens with one attached hydrogen (secondary N) is 3. The van der Waals surface area contributed by atoms with Crippen molar-refractivity contribution < 1.29 is 34.3 Å². The number of hydrogen-bond acceptors (Lipinski definition) is 13. The highest BCUT2D eigenvalue weighted by Gasteiger charge is 2.27. The predicted octanol–water partition coefficient (Wildman–Crippen LogP) is 13.2. The fourth-order valence-corrected chi connectivity index (χ4v) is 7.54. The molecule has 0 heterocycles. The number of nitrogens with zero attached hydrogens (tertiary/aromatic N) is 5. The van der Waals surface area contributed by atoms with Gasteiger partial charge in [-0.2, -0.15) is 10.2 Å². The highest BCUT2D eigenvalue weighted by Crippen LogP contribution is 2.42. The number of phenols is 2. The van der Waals surface area contributed by atoms with Gasteiger partial charge in [0.05, 0.1) is 32.8 Å². The Balaban J connectivity index is 0.859. The van der Waals surface area contributed by atoms with Gasteiger partial charge in [0.1, 0.15) is 29.5 Å². The number of phenolic OH excluding ortho intramolecular Hbond substituents is 2. The minimum Gasteiger partial charge on any atom is -0.506 e. The van der Waals surface area contributed by atoms with Crippen LogP contribution < -0.4 is 16.1 Å². The van der Waals surface area contributed by atoms with Gasteiger partial charge in [-0.1, -0.05) is 95.1 Å². The van der Waals surface area contributed by atoms with E-state index in [1.807, 2.05) is 18.2 Å². The Morgan fingerprint density at radius 2 is 1.18 bits per heavy atom. The molecular weight excluding hydrogens is 883 g/mol. The molecule has 0 aromatic heterocycles. The molecule has 0 radical (unpaired) electrons. The van der Waals surface area contributed by atoms with Gasteiger partial charge >= 0.3 is 6.03 Å². The molecule has 66 heavy (non-hydrogen) atoms. The minimum atomic E-state index is -0.758. The van der Waals surface area contributed by atoms with Crippen molar-refractivity contribution in [2.45, 2.75) is 6.61 Å². The third-order valence-electron chi connectivity index (χ3n) is 10.4. The number of benzene rings is 8. The lowest BCUT2D eigenvalue weighted by molar-refractivity contribution is 0.0966. The Morgan fingerprint density at radius 1 is 0.606 bits per heavy atom. The average Bonchev–Trinajstić information content (AvgIpc) is 3.60. The molecule has 17 heteroatoms. The molecule has 3 amide bonds. The first-order valence-electron chi connectivity index (χ1n) is 19.9. The molecule has 1 aliphatic carbocycles. The summed E-state index contributed by atoms with van der Waals surface area (Å²) in [6.45, 7) is 0.143. The Morgan fingerprint density at radius 3 is 1.80 bits per heavy atom. The number of azo groups is 2. The van der Waals surface area contributed by atoms with E-state index in [1.165, 1.54) is 18.2 Å². The number of hydrogen-bond donors (Lipinski definition) is 5. The fourth-order valence-electron chi connectivity index (χ4n) is 7.18. The van der Waals surface area contributed by atoms with Crippen LogP contribution in [0.15, 0.2) is 171 Å². The van der Waals surface area contributed by atoms with E-state index in [-0.39, 0.29) is 40.8 Å². The van der Waals surface area contributed by atoms with E-state index in [0.29, 0.717) is 71.2 Å². The normalized spacial score (nSPS) is 11.9. The van der Waals surface area contributed by atoms with Gasteiger partial charge < -0.3 is 25.2 Å². The third-order valence-corrected chi connectivity index (χ3v) is 11.0. The van der Waals surface area contributed by atoms with E-state index >= 15 is 0 Å². The molecule has 0 saturated carbocycles. The number of imide groups is 1. The fraction of sp³-hybridized carbons (Fsp3) is 0.0204. The van der Waals surface area contributed by atoms with Gasteiger partial charge in [0.15, 0.2) is 5.78 Å². The van der Waals surface area contributed by atoms with Crippen LogP contribution >= 0.6 is 23.2 Å². The Bertz CT molecular complexity index is 3360. The topological polar surface area (TPSA) is 208 Å². The SMILES string of the molecule is O=C(NC(=O)c1ccc2c(N=Nc3ccc4c(c3)C(=O)c3cc(N=Nc5c(O)ccc6cc(CO/N=C/ONc7ccccc7Cl)ccc56)ccc3-4)c(O)ccc2c1)Nc1ccccc1Cl. The first-order chi connectivity index (χ1) is 32.1. The number of carbonyl (C=O) groups is 3. The van der Waals surface area contributed by atoms with E-state index < -0.39 is 11.9 Å². The largest absolute Gasteiger partial charge is 0.506 e. The van der Waals surface area contributed by atoms with Crippen molar-refractivity contribution in [2.24, 2.45) is 25.6 Å². The van der Waals surface area contributed by atoms with Crippen LogP contribution in [-0.2, 0) is 16.3 Å². The number of amides is 3. The Kier molecular flexibility index (Phi) is 12.0. The number of oxime groups is 1. The summed E-state index contributed by atoms with van der Waals surface area (Å²) in [5.74, 6) is -1.13. The van der Waals surface area contributed by atoms with E-state index in [0.717, 1.165) is 17.4 Å². The number of ketones is 1. The maximum atomic E-state index is 13.8. The van der Waals surface area contributed by atoms with Gasteiger partial charge in [0, 0.05) is 27.5 Å². The van der Waals surface area contributed by atoms with Crippen LogP contribution in [-0.4, -0.2) is 34.3 Å².